The molecular weight excluding hydrogens is 393 g/mol. The van der Waals surface area contributed by atoms with Gasteiger partial charge < -0.3 is 9.84 Å². The maximum Gasteiger partial charge on any atom is 0.143 e. The maximum atomic E-state index is 10.7. The van der Waals surface area contributed by atoms with Crippen LogP contribution in [-0.2, 0) is 4.74 Å². The van der Waals surface area contributed by atoms with Crippen molar-refractivity contribution in [1.29, 1.82) is 0 Å². The van der Waals surface area contributed by atoms with Gasteiger partial charge in [0.1, 0.15) is 23.1 Å². The number of aromatic hydroxyl groups is 1. The number of hydrogen-bond acceptors (Lipinski definition) is 3. The van der Waals surface area contributed by atoms with Crippen molar-refractivity contribution in [3.63, 3.8) is 0 Å². The zero-order valence-electron chi connectivity index (χ0n) is 13.7. The lowest BCUT2D eigenvalue weighted by Gasteiger charge is -2.17. The Morgan fingerprint density at radius 1 is 0.923 bits per heavy atom. The molecule has 0 amide bonds. The van der Waals surface area contributed by atoms with Crippen molar-refractivity contribution in [3.8, 4) is 5.75 Å². The SMILES string of the molecule is Cc1nc(Cl)c2c(c1O)C(c1cccc(Cl)c1Cl)OC2c1ccccc1. The third-order valence-corrected chi connectivity index (χ3v) is 5.66. The highest BCUT2D eigenvalue weighted by Crippen LogP contribution is 2.53. The van der Waals surface area contributed by atoms with Crippen molar-refractivity contribution in [2.24, 2.45) is 0 Å². The molecule has 132 valence electrons. The fourth-order valence-electron chi connectivity index (χ4n) is 3.31. The van der Waals surface area contributed by atoms with E-state index in [2.05, 4.69) is 4.98 Å². The Morgan fingerprint density at radius 3 is 2.38 bits per heavy atom. The summed E-state index contributed by atoms with van der Waals surface area (Å²) in [7, 11) is 0. The Kier molecular flexibility index (Phi) is 4.57. The van der Waals surface area contributed by atoms with Gasteiger partial charge in [-0.25, -0.2) is 4.98 Å². The number of pyridine rings is 1. The molecule has 1 N–H and O–H groups in total. The van der Waals surface area contributed by atoms with Crippen LogP contribution in [-0.4, -0.2) is 10.1 Å². The largest absolute Gasteiger partial charge is 0.506 e. The number of nitrogens with zero attached hydrogens (tertiary/aromatic N) is 1. The lowest BCUT2D eigenvalue weighted by molar-refractivity contribution is 0.0575. The predicted molar refractivity (Wildman–Crippen MR) is 103 cm³/mol. The van der Waals surface area contributed by atoms with Crippen LogP contribution in [0.5, 0.6) is 5.75 Å². The van der Waals surface area contributed by atoms with Gasteiger partial charge in [0.2, 0.25) is 0 Å². The molecule has 0 saturated heterocycles. The molecular formula is C20H14Cl3NO2. The number of ether oxygens (including phenoxy) is 1. The molecule has 3 nitrogen and oxygen atoms in total. The normalized spacial score (nSPS) is 18.8. The number of benzene rings is 2. The van der Waals surface area contributed by atoms with Gasteiger partial charge in [-0.2, -0.15) is 0 Å². The number of aromatic nitrogens is 1. The lowest BCUT2D eigenvalue weighted by Crippen LogP contribution is -2.03. The Labute approximate surface area is 166 Å². The molecule has 26 heavy (non-hydrogen) atoms. The first-order valence-electron chi connectivity index (χ1n) is 8.02. The Bertz CT molecular complexity index is 992. The van der Waals surface area contributed by atoms with E-state index in [-0.39, 0.29) is 5.75 Å². The average molecular weight is 407 g/mol. The van der Waals surface area contributed by atoms with Crippen LogP contribution in [0.15, 0.2) is 48.5 Å². The van der Waals surface area contributed by atoms with Crippen LogP contribution in [0.3, 0.4) is 0 Å². The zero-order chi connectivity index (χ0) is 18.4. The summed E-state index contributed by atoms with van der Waals surface area (Å²) in [6.45, 7) is 1.70. The van der Waals surface area contributed by atoms with E-state index in [1.54, 1.807) is 19.1 Å². The first-order chi connectivity index (χ1) is 12.5. The van der Waals surface area contributed by atoms with Crippen molar-refractivity contribution in [2.45, 2.75) is 19.1 Å². The molecule has 0 saturated carbocycles. The second-order valence-corrected chi connectivity index (χ2v) is 7.26. The molecule has 0 radical (unpaired) electrons. The molecule has 1 aliphatic rings. The molecule has 1 aliphatic heterocycles. The van der Waals surface area contributed by atoms with Crippen LogP contribution >= 0.6 is 34.8 Å². The molecule has 6 heteroatoms. The van der Waals surface area contributed by atoms with E-state index in [1.807, 2.05) is 36.4 Å². The van der Waals surface area contributed by atoms with Gasteiger partial charge in [0.15, 0.2) is 0 Å². The van der Waals surface area contributed by atoms with Crippen LogP contribution in [0, 0.1) is 6.92 Å². The number of halogens is 3. The highest BCUT2D eigenvalue weighted by atomic mass is 35.5. The summed E-state index contributed by atoms with van der Waals surface area (Å²) < 4.78 is 6.33. The minimum absolute atomic E-state index is 0.0591. The molecule has 0 bridgehead atoms. The molecule has 0 aliphatic carbocycles. The molecule has 2 heterocycles. The molecule has 3 aromatic rings. The molecule has 2 aromatic carbocycles. The van der Waals surface area contributed by atoms with Gasteiger partial charge in [0.05, 0.1) is 15.7 Å². The summed E-state index contributed by atoms with van der Waals surface area (Å²) in [5.41, 5.74) is 3.27. The van der Waals surface area contributed by atoms with Crippen LogP contribution < -0.4 is 0 Å². The second-order valence-electron chi connectivity index (χ2n) is 6.11. The zero-order valence-corrected chi connectivity index (χ0v) is 16.0. The summed E-state index contributed by atoms with van der Waals surface area (Å²) in [4.78, 5) is 4.26. The Morgan fingerprint density at radius 2 is 1.65 bits per heavy atom. The summed E-state index contributed by atoms with van der Waals surface area (Å²) >= 11 is 19.1. The van der Waals surface area contributed by atoms with Crippen LogP contribution in [0.2, 0.25) is 15.2 Å². The third kappa shape index (κ3) is 2.76. The standard InChI is InChI=1S/C20H14Cl3NO2/c1-10-17(25)14-15(20(23)24-10)18(11-6-3-2-4-7-11)26-19(14)12-8-5-9-13(21)16(12)22/h2-9,18-19,25H,1H3. The van der Waals surface area contributed by atoms with Crippen molar-refractivity contribution >= 4 is 34.8 Å². The van der Waals surface area contributed by atoms with E-state index >= 15 is 0 Å². The fourth-order valence-corrected chi connectivity index (χ4v) is 4.04. The topological polar surface area (TPSA) is 42.4 Å². The van der Waals surface area contributed by atoms with Gasteiger partial charge in [-0.1, -0.05) is 77.3 Å². The van der Waals surface area contributed by atoms with Gasteiger partial charge in [-0.15, -0.1) is 0 Å². The highest BCUT2D eigenvalue weighted by Gasteiger charge is 2.40. The minimum atomic E-state index is -0.597. The van der Waals surface area contributed by atoms with Crippen molar-refractivity contribution in [1.82, 2.24) is 4.98 Å². The van der Waals surface area contributed by atoms with E-state index in [9.17, 15) is 5.11 Å². The second kappa shape index (κ2) is 6.75. The Balaban J connectivity index is 1.96. The van der Waals surface area contributed by atoms with E-state index in [4.69, 9.17) is 39.5 Å². The molecule has 2 unspecified atom stereocenters. The minimum Gasteiger partial charge on any atom is -0.506 e. The molecule has 1 aromatic heterocycles. The average Bonchev–Trinajstić information content (AvgIpc) is 3.04. The Hall–Kier alpha value is -1.78. The summed E-state index contributed by atoms with van der Waals surface area (Å²) in [5, 5.41) is 11.8. The van der Waals surface area contributed by atoms with Gasteiger partial charge in [-0.05, 0) is 18.6 Å². The number of hydrogen-bond donors (Lipinski definition) is 1. The summed E-state index contributed by atoms with van der Waals surface area (Å²) in [6.07, 6.45) is -1.06. The molecule has 4 rings (SSSR count). The van der Waals surface area contributed by atoms with Gasteiger partial charge >= 0.3 is 0 Å². The van der Waals surface area contributed by atoms with E-state index < -0.39 is 12.2 Å². The van der Waals surface area contributed by atoms with Crippen LogP contribution in [0.1, 0.15) is 40.2 Å². The van der Waals surface area contributed by atoms with Gasteiger partial charge in [0, 0.05) is 16.7 Å². The van der Waals surface area contributed by atoms with Crippen molar-refractivity contribution in [2.75, 3.05) is 0 Å². The smallest absolute Gasteiger partial charge is 0.143 e. The number of aryl methyl sites for hydroxylation is 1. The molecule has 2 atom stereocenters. The summed E-state index contributed by atoms with van der Waals surface area (Å²) in [5.74, 6) is 0.0591. The predicted octanol–water partition coefficient (Wildman–Crippen LogP) is 6.26. The number of fused-ring (bicyclic) bond motifs is 1. The molecule has 0 fully saturated rings. The van der Waals surface area contributed by atoms with Crippen LogP contribution in [0.25, 0.3) is 0 Å². The van der Waals surface area contributed by atoms with Gasteiger partial charge in [-0.3, -0.25) is 0 Å². The van der Waals surface area contributed by atoms with Crippen molar-refractivity contribution < 1.29 is 9.84 Å². The quantitative estimate of drug-likeness (QED) is 0.510. The van der Waals surface area contributed by atoms with Gasteiger partial charge in [0.25, 0.3) is 0 Å². The van der Waals surface area contributed by atoms with E-state index in [0.717, 1.165) is 5.56 Å². The fraction of sp³-hybridized carbons (Fsp3) is 0.150. The highest BCUT2D eigenvalue weighted by molar-refractivity contribution is 6.42. The number of rotatable bonds is 2. The third-order valence-electron chi connectivity index (χ3n) is 4.54. The first-order valence-corrected chi connectivity index (χ1v) is 9.15. The van der Waals surface area contributed by atoms with E-state index in [0.29, 0.717) is 37.6 Å². The lowest BCUT2D eigenvalue weighted by atomic mass is 9.95. The monoisotopic (exact) mass is 405 g/mol. The van der Waals surface area contributed by atoms with Crippen molar-refractivity contribution in [3.05, 3.63) is 91.7 Å². The maximum absolute atomic E-state index is 10.7. The van der Waals surface area contributed by atoms with E-state index in [1.165, 1.54) is 0 Å². The first kappa shape index (κ1) is 17.6. The summed E-state index contributed by atoms with van der Waals surface area (Å²) in [6, 6.07) is 15.0. The van der Waals surface area contributed by atoms with Crippen LogP contribution in [0.4, 0.5) is 0 Å². The molecule has 0 spiro atoms.